The van der Waals surface area contributed by atoms with Crippen molar-refractivity contribution >= 4 is 24.6 Å². The number of hydrogen-bond donors (Lipinski definition) is 1. The molecule has 8 heteroatoms. The first-order valence-corrected chi connectivity index (χ1v) is 9.76. The summed E-state index contributed by atoms with van der Waals surface area (Å²) in [4.78, 5) is 24.0. The molecule has 2 rings (SSSR count). The van der Waals surface area contributed by atoms with Crippen molar-refractivity contribution in [3.05, 3.63) is 29.8 Å². The molecule has 1 atom stereocenters. The van der Waals surface area contributed by atoms with Gasteiger partial charge in [0, 0.05) is 0 Å². The summed E-state index contributed by atoms with van der Waals surface area (Å²) >= 11 is 0. The zero-order valence-electron chi connectivity index (χ0n) is 18.6. The smallest absolute Gasteiger partial charge is 0.469 e. The molecule has 1 heterocycles. The Morgan fingerprint density at radius 1 is 1.07 bits per heavy atom. The number of carbonyl (C=O) groups is 2. The van der Waals surface area contributed by atoms with E-state index in [1.807, 2.05) is 52.0 Å². The summed E-state index contributed by atoms with van der Waals surface area (Å²) in [5.74, 6) is -0.430. The Morgan fingerprint density at radius 3 is 2.03 bits per heavy atom. The van der Waals surface area contributed by atoms with Gasteiger partial charge in [0.15, 0.2) is 0 Å². The van der Waals surface area contributed by atoms with Crippen LogP contribution in [0.2, 0.25) is 0 Å². The van der Waals surface area contributed by atoms with Crippen LogP contribution >= 0.6 is 0 Å². The lowest BCUT2D eigenvalue weighted by molar-refractivity contribution is -0.141. The monoisotopic (exact) mass is 405 g/mol. The molecule has 1 fully saturated rings. The van der Waals surface area contributed by atoms with Gasteiger partial charge in [0.05, 0.1) is 30.8 Å². The summed E-state index contributed by atoms with van der Waals surface area (Å²) in [5.41, 5.74) is 0.118. The molecule has 29 heavy (non-hydrogen) atoms. The molecule has 0 saturated carbocycles. The van der Waals surface area contributed by atoms with Gasteiger partial charge in [0.2, 0.25) is 0 Å². The SMILES string of the molecule is COC(=O)C[C@@H](NC(=O)OC(C)(C)C)c1ccc(B2OC(C)(C)C(C)(C)O2)cc1. The molecule has 1 saturated heterocycles. The predicted molar refractivity (Wildman–Crippen MR) is 111 cm³/mol. The van der Waals surface area contributed by atoms with Crippen LogP contribution in [-0.4, -0.2) is 43.1 Å². The summed E-state index contributed by atoms with van der Waals surface area (Å²) in [6, 6.07) is 6.85. The second-order valence-corrected chi connectivity index (χ2v) is 9.23. The number of carbonyl (C=O) groups excluding carboxylic acids is 2. The Balaban J connectivity index is 2.17. The summed E-state index contributed by atoms with van der Waals surface area (Å²) in [7, 11) is 0.834. The van der Waals surface area contributed by atoms with E-state index in [-0.39, 0.29) is 6.42 Å². The van der Waals surface area contributed by atoms with Gasteiger partial charge in [-0.05, 0) is 59.5 Å². The minimum absolute atomic E-state index is 0.00835. The van der Waals surface area contributed by atoms with E-state index in [0.717, 1.165) is 11.0 Å². The molecule has 1 amide bonds. The molecule has 0 unspecified atom stereocenters. The summed E-state index contributed by atoms with van der Waals surface area (Å²) in [6.45, 7) is 13.3. The molecule has 1 aromatic carbocycles. The van der Waals surface area contributed by atoms with Crippen LogP contribution in [0.5, 0.6) is 0 Å². The number of ether oxygens (including phenoxy) is 2. The lowest BCUT2D eigenvalue weighted by Gasteiger charge is -2.32. The lowest BCUT2D eigenvalue weighted by atomic mass is 9.78. The van der Waals surface area contributed by atoms with Gasteiger partial charge >= 0.3 is 19.2 Å². The van der Waals surface area contributed by atoms with Crippen molar-refractivity contribution in [1.29, 1.82) is 0 Å². The van der Waals surface area contributed by atoms with Crippen molar-refractivity contribution in [2.45, 2.75) is 77.7 Å². The Labute approximate surface area is 173 Å². The number of esters is 1. The quantitative estimate of drug-likeness (QED) is 0.599. The standard InChI is InChI=1S/C21H32BNO6/c1-19(2,3)27-18(25)23-16(13-17(24)26-8)14-9-11-15(12-10-14)22-28-20(4,5)21(6,7)29-22/h9-12,16H,13H2,1-8H3,(H,23,25)/t16-/m1/s1. The molecule has 1 N–H and O–H groups in total. The van der Waals surface area contributed by atoms with E-state index in [0.29, 0.717) is 0 Å². The van der Waals surface area contributed by atoms with Crippen molar-refractivity contribution in [2.75, 3.05) is 7.11 Å². The molecule has 0 aliphatic carbocycles. The van der Waals surface area contributed by atoms with E-state index in [4.69, 9.17) is 18.8 Å². The highest BCUT2D eigenvalue weighted by Gasteiger charge is 2.51. The number of alkyl carbamates (subject to hydrolysis) is 1. The molecule has 0 bridgehead atoms. The molecular formula is C21H32BNO6. The van der Waals surface area contributed by atoms with Gasteiger partial charge in [0.1, 0.15) is 5.60 Å². The van der Waals surface area contributed by atoms with Crippen LogP contribution in [0.25, 0.3) is 0 Å². The lowest BCUT2D eigenvalue weighted by Crippen LogP contribution is -2.41. The Kier molecular flexibility index (Phi) is 6.70. The van der Waals surface area contributed by atoms with Crippen LogP contribution < -0.4 is 10.8 Å². The highest BCUT2D eigenvalue weighted by molar-refractivity contribution is 6.62. The van der Waals surface area contributed by atoms with Gasteiger partial charge < -0.3 is 24.1 Å². The second kappa shape index (κ2) is 8.36. The topological polar surface area (TPSA) is 83.1 Å². The van der Waals surface area contributed by atoms with E-state index in [1.165, 1.54) is 7.11 Å². The van der Waals surface area contributed by atoms with Crippen LogP contribution in [0, 0.1) is 0 Å². The summed E-state index contributed by atoms with van der Waals surface area (Å²) < 4.78 is 22.2. The number of rotatable bonds is 5. The Hall–Kier alpha value is -2.06. The largest absolute Gasteiger partial charge is 0.494 e. The third kappa shape index (κ3) is 5.96. The van der Waals surface area contributed by atoms with E-state index in [2.05, 4.69) is 5.32 Å². The highest BCUT2D eigenvalue weighted by Crippen LogP contribution is 2.36. The summed E-state index contributed by atoms with van der Waals surface area (Å²) in [6.07, 6.45) is -0.604. The molecule has 7 nitrogen and oxygen atoms in total. The number of amides is 1. The maximum atomic E-state index is 12.2. The molecule has 1 aliphatic rings. The highest BCUT2D eigenvalue weighted by atomic mass is 16.7. The fraction of sp³-hybridized carbons (Fsp3) is 0.619. The van der Waals surface area contributed by atoms with Crippen LogP contribution in [0.3, 0.4) is 0 Å². The van der Waals surface area contributed by atoms with E-state index in [9.17, 15) is 9.59 Å². The molecule has 1 aromatic rings. The molecule has 0 aromatic heterocycles. The first-order valence-electron chi connectivity index (χ1n) is 9.76. The predicted octanol–water partition coefficient (Wildman–Crippen LogP) is 3.11. The number of methoxy groups -OCH3 is 1. The van der Waals surface area contributed by atoms with Crippen LogP contribution in [0.1, 0.15) is 66.5 Å². The number of benzene rings is 1. The fourth-order valence-electron chi connectivity index (χ4n) is 2.82. The van der Waals surface area contributed by atoms with Crippen LogP contribution in [-0.2, 0) is 23.6 Å². The normalized spacial score (nSPS) is 18.8. The van der Waals surface area contributed by atoms with E-state index < -0.39 is 42.0 Å². The van der Waals surface area contributed by atoms with Crippen molar-refractivity contribution in [1.82, 2.24) is 5.32 Å². The second-order valence-electron chi connectivity index (χ2n) is 9.23. The van der Waals surface area contributed by atoms with E-state index >= 15 is 0 Å². The Bertz CT molecular complexity index is 723. The molecule has 0 spiro atoms. The zero-order valence-corrected chi connectivity index (χ0v) is 18.6. The van der Waals surface area contributed by atoms with Gasteiger partial charge in [-0.3, -0.25) is 4.79 Å². The number of nitrogens with one attached hydrogen (secondary N) is 1. The van der Waals surface area contributed by atoms with Gasteiger partial charge in [0.25, 0.3) is 0 Å². The maximum absolute atomic E-state index is 12.2. The minimum Gasteiger partial charge on any atom is -0.469 e. The molecule has 1 aliphatic heterocycles. The van der Waals surface area contributed by atoms with Crippen molar-refractivity contribution in [3.8, 4) is 0 Å². The van der Waals surface area contributed by atoms with Crippen molar-refractivity contribution in [2.24, 2.45) is 0 Å². The van der Waals surface area contributed by atoms with Crippen LogP contribution in [0.15, 0.2) is 24.3 Å². The third-order valence-electron chi connectivity index (χ3n) is 5.15. The van der Waals surface area contributed by atoms with Crippen molar-refractivity contribution < 1.29 is 28.4 Å². The van der Waals surface area contributed by atoms with E-state index in [1.54, 1.807) is 20.8 Å². The molecule has 0 radical (unpaired) electrons. The number of hydrogen-bond acceptors (Lipinski definition) is 6. The van der Waals surface area contributed by atoms with Gasteiger partial charge in [-0.25, -0.2) is 4.79 Å². The first kappa shape index (κ1) is 23.2. The molecule has 160 valence electrons. The molecular weight excluding hydrogens is 373 g/mol. The first-order chi connectivity index (χ1) is 13.2. The maximum Gasteiger partial charge on any atom is 0.494 e. The fourth-order valence-corrected chi connectivity index (χ4v) is 2.82. The average molecular weight is 405 g/mol. The Morgan fingerprint density at radius 2 is 1.59 bits per heavy atom. The van der Waals surface area contributed by atoms with Gasteiger partial charge in [-0.2, -0.15) is 0 Å². The summed E-state index contributed by atoms with van der Waals surface area (Å²) in [5, 5.41) is 2.75. The zero-order chi connectivity index (χ0) is 22.0. The van der Waals surface area contributed by atoms with Crippen molar-refractivity contribution in [3.63, 3.8) is 0 Å². The average Bonchev–Trinajstić information content (AvgIpc) is 2.80. The van der Waals surface area contributed by atoms with Crippen LogP contribution in [0.4, 0.5) is 4.79 Å². The van der Waals surface area contributed by atoms with Gasteiger partial charge in [-0.15, -0.1) is 0 Å². The van der Waals surface area contributed by atoms with Gasteiger partial charge in [-0.1, -0.05) is 24.3 Å². The minimum atomic E-state index is -0.638. The third-order valence-corrected chi connectivity index (χ3v) is 5.15.